The zero-order valence-electron chi connectivity index (χ0n) is 31.2. The molecular formula is C51H46Cl2P2. The molecule has 0 amide bonds. The van der Waals surface area contributed by atoms with Crippen LogP contribution in [-0.4, -0.2) is 13.3 Å². The van der Waals surface area contributed by atoms with Gasteiger partial charge in [-0.2, -0.15) is 0 Å². The number of hydrogen-bond acceptors (Lipinski definition) is 0. The maximum Gasteiger partial charge on any atom is -0.147 e. The van der Waals surface area contributed by atoms with E-state index in [-0.39, 0.29) is 30.5 Å². The summed E-state index contributed by atoms with van der Waals surface area (Å²) in [6.45, 7) is -1.38. The number of allylic oxidation sites excluding steroid dienone is 1. The van der Waals surface area contributed by atoms with E-state index in [4.69, 9.17) is 0 Å². The average Bonchev–Trinajstić information content (AvgIpc) is 3.25. The Morgan fingerprint density at radius 3 is 1.11 bits per heavy atom. The van der Waals surface area contributed by atoms with Crippen molar-refractivity contribution < 1.29 is 0 Å². The van der Waals surface area contributed by atoms with E-state index in [1.807, 2.05) is 0 Å². The van der Waals surface area contributed by atoms with E-state index in [1.54, 1.807) is 0 Å². The first-order valence-corrected chi connectivity index (χ1v) is 24.0. The monoisotopic (exact) mass is 790 g/mol. The van der Waals surface area contributed by atoms with Gasteiger partial charge in [-0.15, -0.1) is 24.8 Å². The first-order valence-electron chi connectivity index (χ1n) is 18.6. The largest absolute Gasteiger partial charge is 0.147 e. The number of benzene rings is 8. The Morgan fingerprint density at radius 2 is 0.727 bits per heavy atom. The summed E-state index contributed by atoms with van der Waals surface area (Å²) in [5.41, 5.74) is 2.84. The molecule has 0 saturated carbocycles. The fourth-order valence-corrected chi connectivity index (χ4v) is 21.6. The molecule has 8 aromatic carbocycles. The normalized spacial score (nSPS) is 15.0. The molecule has 0 aliphatic heterocycles. The quantitative estimate of drug-likeness (QED) is 0.135. The van der Waals surface area contributed by atoms with E-state index < -0.39 is 13.2 Å². The average molecular weight is 792 g/mol. The molecule has 1 aliphatic rings. The first-order chi connectivity index (χ1) is 26.0. The Morgan fingerprint density at radius 1 is 0.364 bits per heavy atom. The van der Waals surface area contributed by atoms with E-state index in [9.17, 15) is 0 Å². The predicted molar refractivity (Wildman–Crippen MR) is 252 cm³/mol. The van der Waals surface area contributed by atoms with Crippen molar-refractivity contribution in [3.05, 3.63) is 230 Å². The van der Waals surface area contributed by atoms with Crippen LogP contribution in [0.25, 0.3) is 16.8 Å². The summed E-state index contributed by atoms with van der Waals surface area (Å²) < 4.78 is 0. The molecule has 8 aromatic rings. The third-order valence-corrected chi connectivity index (χ3v) is 25.7. The van der Waals surface area contributed by atoms with Gasteiger partial charge in [-0.25, -0.2) is 0 Å². The molecule has 1 unspecified atom stereocenters. The Kier molecular flexibility index (Phi) is 10.3. The molecule has 1 aliphatic carbocycles. The Balaban J connectivity index is 0.00000233. The van der Waals surface area contributed by atoms with Crippen LogP contribution in [0, 0.1) is 0 Å². The molecule has 1 atom stereocenters. The van der Waals surface area contributed by atoms with Gasteiger partial charge in [0.25, 0.3) is 0 Å². The summed E-state index contributed by atoms with van der Waals surface area (Å²) in [5.74, 6) is 0. The maximum atomic E-state index is 2.62. The second-order valence-electron chi connectivity index (χ2n) is 15.0. The van der Waals surface area contributed by atoms with Gasteiger partial charge in [0.05, 0.1) is 0 Å². The number of rotatable bonds is 8. The van der Waals surface area contributed by atoms with Crippen LogP contribution in [0.15, 0.2) is 218 Å². The number of halogens is 2. The van der Waals surface area contributed by atoms with Crippen LogP contribution in [0.2, 0.25) is 0 Å². The molecule has 0 heterocycles. The van der Waals surface area contributed by atoms with Crippen LogP contribution < -0.4 is 37.1 Å². The standard InChI is InChI=1S/C51H44P2.2ClH/c1-52(41-23-9-3-10-24-41,42-25-11-4-12-26-42,43-27-13-5-14-28-43)49-38-36-40-22-21-35-47-50(39-37-48(49)51(40)47)53(2,44-29-15-6-16-30-44,45-31-17-7-18-32-45)46-33-19-8-20-34-46;;/h3-39,50H,1-2H3;2*1H. The van der Waals surface area contributed by atoms with E-state index in [1.165, 1.54) is 59.0 Å². The molecule has 9 rings (SSSR count). The van der Waals surface area contributed by atoms with Crippen LogP contribution in [0.3, 0.4) is 0 Å². The minimum absolute atomic E-state index is 0. The van der Waals surface area contributed by atoms with Crippen molar-refractivity contribution in [2.24, 2.45) is 0 Å². The molecule has 0 bridgehead atoms. The fourth-order valence-electron chi connectivity index (χ4n) is 9.81. The molecule has 0 fully saturated rings. The van der Waals surface area contributed by atoms with Gasteiger partial charge < -0.3 is 0 Å². The molecule has 0 radical (unpaired) electrons. The molecule has 274 valence electrons. The molecule has 0 saturated heterocycles. The van der Waals surface area contributed by atoms with Crippen LogP contribution in [0.1, 0.15) is 16.8 Å². The second kappa shape index (κ2) is 14.7. The molecule has 0 spiro atoms. The Labute approximate surface area is 338 Å². The first kappa shape index (κ1) is 38.5. The fraction of sp³-hybridized carbons (Fsp3) is 0.0588. The van der Waals surface area contributed by atoms with Crippen LogP contribution in [0.4, 0.5) is 0 Å². The second-order valence-corrected chi connectivity index (χ2v) is 25.5. The zero-order valence-corrected chi connectivity index (χ0v) is 34.6. The van der Waals surface area contributed by atoms with Crippen LogP contribution in [-0.2, 0) is 0 Å². The summed E-state index contributed by atoms with van der Waals surface area (Å²) >= 11 is 0. The molecule has 4 heteroatoms. The van der Waals surface area contributed by atoms with Crippen molar-refractivity contribution in [1.29, 1.82) is 0 Å². The van der Waals surface area contributed by atoms with Crippen LogP contribution in [0.5, 0.6) is 0 Å². The third kappa shape index (κ3) is 5.35. The van der Waals surface area contributed by atoms with Gasteiger partial charge >= 0.3 is 316 Å². The van der Waals surface area contributed by atoms with Gasteiger partial charge in [0.2, 0.25) is 0 Å². The van der Waals surface area contributed by atoms with Gasteiger partial charge in [0.1, 0.15) is 0 Å². The van der Waals surface area contributed by atoms with E-state index in [2.05, 4.69) is 238 Å². The summed E-state index contributed by atoms with van der Waals surface area (Å²) in [6.07, 6.45) is 5.11. The Hall–Kier alpha value is -4.80. The van der Waals surface area contributed by atoms with Gasteiger partial charge in [-0.3, -0.25) is 0 Å². The van der Waals surface area contributed by atoms with Crippen molar-refractivity contribution in [3.8, 4) is 0 Å². The topological polar surface area (TPSA) is 0 Å². The van der Waals surface area contributed by atoms with Crippen molar-refractivity contribution in [2.45, 2.75) is 5.66 Å². The molecule has 0 aromatic heterocycles. The predicted octanol–water partition coefficient (Wildman–Crippen LogP) is 10.7. The summed E-state index contributed by atoms with van der Waals surface area (Å²) in [5, 5.41) is 12.4. The summed E-state index contributed by atoms with van der Waals surface area (Å²) in [4.78, 5) is 0. The number of hydrogen-bond donors (Lipinski definition) is 0. The van der Waals surface area contributed by atoms with E-state index >= 15 is 0 Å². The minimum Gasteiger partial charge on any atom is -0.147 e. The molecule has 0 N–H and O–H groups in total. The smallest absolute Gasteiger partial charge is 0.147 e. The summed E-state index contributed by atoms with van der Waals surface area (Å²) in [7, 11) is 0. The van der Waals surface area contributed by atoms with Gasteiger partial charge in [0, 0.05) is 0 Å². The summed E-state index contributed by atoms with van der Waals surface area (Å²) in [6, 6.07) is 80.0. The van der Waals surface area contributed by atoms with E-state index in [0.29, 0.717) is 0 Å². The minimum atomic E-state index is -3.33. The van der Waals surface area contributed by atoms with Crippen molar-refractivity contribution in [2.75, 3.05) is 13.3 Å². The van der Waals surface area contributed by atoms with Gasteiger partial charge in [-0.1, -0.05) is 0 Å². The molecule has 0 nitrogen and oxygen atoms in total. The Bertz CT molecular complexity index is 2390. The molecule has 55 heavy (non-hydrogen) atoms. The maximum absolute atomic E-state index is 3.33. The van der Waals surface area contributed by atoms with Crippen LogP contribution >= 0.6 is 38.0 Å². The van der Waals surface area contributed by atoms with Crippen molar-refractivity contribution in [3.63, 3.8) is 0 Å². The van der Waals surface area contributed by atoms with E-state index in [0.717, 1.165) is 0 Å². The molecular weight excluding hydrogens is 745 g/mol. The van der Waals surface area contributed by atoms with Crippen molar-refractivity contribution in [1.82, 2.24) is 0 Å². The van der Waals surface area contributed by atoms with Gasteiger partial charge in [-0.05, 0) is 0 Å². The third-order valence-electron chi connectivity index (χ3n) is 12.6. The van der Waals surface area contributed by atoms with Crippen molar-refractivity contribution >= 4 is 92.0 Å². The van der Waals surface area contributed by atoms with Gasteiger partial charge in [0.15, 0.2) is 0 Å². The zero-order chi connectivity index (χ0) is 36.0. The SMILES string of the molecule is CP(c1ccccc1)(c1ccccc1)(c1ccccc1)c1ccc2cccc3c2c1C=CC3P(C)(c1ccccc1)(c1ccccc1)c1ccccc1.Cl.Cl.